The Hall–Kier alpha value is -3.28. The van der Waals surface area contributed by atoms with E-state index in [1.165, 1.54) is 19.3 Å². The van der Waals surface area contributed by atoms with Crippen molar-refractivity contribution in [3.63, 3.8) is 0 Å². The number of rotatable bonds is 4. The second-order valence-corrected chi connectivity index (χ2v) is 5.80. The van der Waals surface area contributed by atoms with E-state index in [4.69, 9.17) is 4.74 Å². The van der Waals surface area contributed by atoms with Gasteiger partial charge >= 0.3 is 6.03 Å². The molecule has 3 amide bonds. The molecule has 25 heavy (non-hydrogen) atoms. The first-order valence-corrected chi connectivity index (χ1v) is 7.75. The van der Waals surface area contributed by atoms with Crippen LogP contribution in [-0.2, 0) is 11.3 Å². The molecule has 2 aromatic rings. The fourth-order valence-corrected chi connectivity index (χ4v) is 2.67. The van der Waals surface area contributed by atoms with Crippen molar-refractivity contribution in [1.29, 1.82) is 0 Å². The third kappa shape index (κ3) is 3.47. The number of hydrogen-bond acceptors (Lipinski definition) is 4. The standard InChI is InChI=1S/C19H18N2O4/c1-12-4-3-5-14(8-12)11-21-18(23)15(20-19(21)24)9-13-6-7-17(25-2)16(22)10-13/h3-10,22H,11H2,1-2H3,(H,20,24)/b15-9+. The number of phenols is 1. The molecule has 1 saturated heterocycles. The van der Waals surface area contributed by atoms with E-state index in [9.17, 15) is 14.7 Å². The average Bonchev–Trinajstić information content (AvgIpc) is 2.83. The van der Waals surface area contributed by atoms with Gasteiger partial charge in [-0.1, -0.05) is 35.9 Å². The Morgan fingerprint density at radius 3 is 2.68 bits per heavy atom. The zero-order valence-electron chi connectivity index (χ0n) is 13.9. The topological polar surface area (TPSA) is 78.9 Å². The number of nitrogens with one attached hydrogen (secondary N) is 1. The normalized spacial score (nSPS) is 15.6. The van der Waals surface area contributed by atoms with Crippen LogP contribution < -0.4 is 10.1 Å². The average molecular weight is 338 g/mol. The fourth-order valence-electron chi connectivity index (χ4n) is 2.67. The number of ether oxygens (including phenoxy) is 1. The number of aryl methyl sites for hydroxylation is 1. The molecule has 128 valence electrons. The summed E-state index contributed by atoms with van der Waals surface area (Å²) < 4.78 is 4.99. The van der Waals surface area contributed by atoms with Gasteiger partial charge in [0.05, 0.1) is 13.7 Å². The third-order valence-electron chi connectivity index (χ3n) is 3.90. The van der Waals surface area contributed by atoms with Gasteiger partial charge in [-0.2, -0.15) is 0 Å². The summed E-state index contributed by atoms with van der Waals surface area (Å²) in [7, 11) is 1.46. The molecule has 6 nitrogen and oxygen atoms in total. The number of phenolic OH excluding ortho intramolecular Hbond substituents is 1. The Bertz CT molecular complexity index is 873. The van der Waals surface area contributed by atoms with E-state index in [2.05, 4.69) is 5.32 Å². The highest BCUT2D eigenvalue weighted by Crippen LogP contribution is 2.27. The number of carbonyl (C=O) groups excluding carboxylic acids is 2. The van der Waals surface area contributed by atoms with Gasteiger partial charge in [-0.3, -0.25) is 9.69 Å². The van der Waals surface area contributed by atoms with Crippen LogP contribution in [0.4, 0.5) is 4.79 Å². The van der Waals surface area contributed by atoms with E-state index in [0.29, 0.717) is 11.3 Å². The molecular weight excluding hydrogens is 320 g/mol. The predicted octanol–water partition coefficient (Wildman–Crippen LogP) is 2.80. The molecule has 0 radical (unpaired) electrons. The summed E-state index contributed by atoms with van der Waals surface area (Å²) in [5, 5.41) is 12.4. The van der Waals surface area contributed by atoms with Crippen molar-refractivity contribution in [3.8, 4) is 11.5 Å². The Labute approximate surface area is 145 Å². The maximum Gasteiger partial charge on any atom is 0.329 e. The van der Waals surface area contributed by atoms with Gasteiger partial charge in [0.15, 0.2) is 11.5 Å². The summed E-state index contributed by atoms with van der Waals surface area (Å²) in [6.07, 6.45) is 1.52. The lowest BCUT2D eigenvalue weighted by atomic mass is 10.1. The molecule has 0 saturated carbocycles. The summed E-state index contributed by atoms with van der Waals surface area (Å²) in [6, 6.07) is 11.9. The minimum Gasteiger partial charge on any atom is -0.504 e. The fraction of sp³-hybridized carbons (Fsp3) is 0.158. The highest BCUT2D eigenvalue weighted by molar-refractivity contribution is 6.13. The Balaban J connectivity index is 1.82. The van der Waals surface area contributed by atoms with E-state index >= 15 is 0 Å². The molecule has 2 aromatic carbocycles. The second kappa shape index (κ2) is 6.68. The van der Waals surface area contributed by atoms with Gasteiger partial charge in [0, 0.05) is 0 Å². The zero-order valence-corrected chi connectivity index (χ0v) is 13.9. The van der Waals surface area contributed by atoms with Crippen molar-refractivity contribution < 1.29 is 19.4 Å². The number of urea groups is 1. The van der Waals surface area contributed by atoms with Crippen LogP contribution in [0.25, 0.3) is 6.08 Å². The largest absolute Gasteiger partial charge is 0.504 e. The number of imide groups is 1. The maximum atomic E-state index is 12.5. The number of methoxy groups -OCH3 is 1. The maximum absolute atomic E-state index is 12.5. The molecule has 6 heteroatoms. The van der Waals surface area contributed by atoms with Crippen molar-refractivity contribution in [2.24, 2.45) is 0 Å². The number of benzene rings is 2. The first kappa shape index (κ1) is 16.6. The van der Waals surface area contributed by atoms with E-state index in [1.807, 2.05) is 31.2 Å². The molecule has 0 aromatic heterocycles. The van der Waals surface area contributed by atoms with Gasteiger partial charge in [-0.05, 0) is 36.3 Å². The zero-order chi connectivity index (χ0) is 18.0. The second-order valence-electron chi connectivity index (χ2n) is 5.80. The van der Waals surface area contributed by atoms with Crippen LogP contribution in [0.15, 0.2) is 48.2 Å². The molecule has 1 aliphatic heterocycles. The molecule has 3 rings (SSSR count). The molecule has 0 unspecified atom stereocenters. The molecule has 0 atom stereocenters. The first-order valence-electron chi connectivity index (χ1n) is 7.75. The predicted molar refractivity (Wildman–Crippen MR) is 92.9 cm³/mol. The summed E-state index contributed by atoms with van der Waals surface area (Å²) in [5.41, 5.74) is 2.70. The van der Waals surface area contributed by atoms with E-state index in [1.54, 1.807) is 12.1 Å². The van der Waals surface area contributed by atoms with Crippen LogP contribution in [0.5, 0.6) is 11.5 Å². The summed E-state index contributed by atoms with van der Waals surface area (Å²) in [5.74, 6) is -0.0999. The van der Waals surface area contributed by atoms with Gasteiger partial charge in [-0.15, -0.1) is 0 Å². The Morgan fingerprint density at radius 2 is 2.00 bits per heavy atom. The summed E-state index contributed by atoms with van der Waals surface area (Å²) >= 11 is 0. The van der Waals surface area contributed by atoms with Gasteiger partial charge in [0.2, 0.25) is 0 Å². The van der Waals surface area contributed by atoms with Crippen LogP contribution >= 0.6 is 0 Å². The van der Waals surface area contributed by atoms with Crippen LogP contribution in [0, 0.1) is 6.92 Å². The molecular formula is C19H18N2O4. The first-order chi connectivity index (χ1) is 12.0. The van der Waals surface area contributed by atoms with Gasteiger partial charge < -0.3 is 15.2 Å². The minimum atomic E-state index is -0.463. The summed E-state index contributed by atoms with van der Waals surface area (Å²) in [6.45, 7) is 2.16. The van der Waals surface area contributed by atoms with Crippen molar-refractivity contribution in [2.75, 3.05) is 7.11 Å². The van der Waals surface area contributed by atoms with Crippen LogP contribution in [0.3, 0.4) is 0 Å². The third-order valence-corrected chi connectivity index (χ3v) is 3.90. The van der Waals surface area contributed by atoms with E-state index < -0.39 is 11.9 Å². The molecule has 0 aliphatic carbocycles. The number of carbonyl (C=O) groups is 2. The smallest absolute Gasteiger partial charge is 0.329 e. The summed E-state index contributed by atoms with van der Waals surface area (Å²) in [4.78, 5) is 25.8. The van der Waals surface area contributed by atoms with Crippen molar-refractivity contribution in [1.82, 2.24) is 10.2 Å². The van der Waals surface area contributed by atoms with Gasteiger partial charge in [-0.25, -0.2) is 4.79 Å². The lowest BCUT2D eigenvalue weighted by Crippen LogP contribution is -2.30. The monoisotopic (exact) mass is 338 g/mol. The lowest BCUT2D eigenvalue weighted by molar-refractivity contribution is -0.123. The molecule has 1 fully saturated rings. The number of hydrogen-bond donors (Lipinski definition) is 2. The molecule has 2 N–H and O–H groups in total. The SMILES string of the molecule is COc1ccc(/C=C2/NC(=O)N(Cc3cccc(C)c3)C2=O)cc1O. The lowest BCUT2D eigenvalue weighted by Gasteiger charge is -2.12. The molecule has 0 bridgehead atoms. The number of nitrogens with zero attached hydrogens (tertiary/aromatic N) is 1. The highest BCUT2D eigenvalue weighted by Gasteiger charge is 2.33. The van der Waals surface area contributed by atoms with Crippen molar-refractivity contribution >= 4 is 18.0 Å². The Kier molecular flexibility index (Phi) is 4.43. The number of amides is 3. The van der Waals surface area contributed by atoms with Crippen molar-refractivity contribution in [3.05, 3.63) is 64.9 Å². The molecule has 1 heterocycles. The van der Waals surface area contributed by atoms with Gasteiger partial charge in [0.25, 0.3) is 5.91 Å². The Morgan fingerprint density at radius 1 is 1.20 bits per heavy atom. The van der Waals surface area contributed by atoms with Crippen LogP contribution in [-0.4, -0.2) is 29.1 Å². The van der Waals surface area contributed by atoms with Gasteiger partial charge in [0.1, 0.15) is 5.70 Å². The molecule has 1 aliphatic rings. The van der Waals surface area contributed by atoms with Crippen molar-refractivity contribution in [2.45, 2.75) is 13.5 Å². The molecule has 0 spiro atoms. The van der Waals surface area contributed by atoms with E-state index in [-0.39, 0.29) is 18.0 Å². The quantitative estimate of drug-likeness (QED) is 0.664. The van der Waals surface area contributed by atoms with Crippen LogP contribution in [0.2, 0.25) is 0 Å². The minimum absolute atomic E-state index is 0.0368. The number of aromatic hydroxyl groups is 1. The van der Waals surface area contributed by atoms with E-state index in [0.717, 1.165) is 16.0 Å². The highest BCUT2D eigenvalue weighted by atomic mass is 16.5. The van der Waals surface area contributed by atoms with Crippen LogP contribution in [0.1, 0.15) is 16.7 Å².